The molecule has 0 bridgehead atoms. The lowest BCUT2D eigenvalue weighted by atomic mass is 10.4. The predicted molar refractivity (Wildman–Crippen MR) is 135 cm³/mol. The Kier molecular flexibility index (Phi) is 7.02. The van der Waals surface area contributed by atoms with E-state index >= 15 is 0 Å². The minimum Gasteiger partial charge on any atom is -0.331 e. The Morgan fingerprint density at radius 3 is 2.68 bits per heavy atom. The van der Waals surface area contributed by atoms with Gasteiger partial charge in [0.1, 0.15) is 15.6 Å². The molecule has 4 nitrogen and oxygen atoms in total. The maximum Gasteiger partial charge on any atom is 0.342 e. The maximum absolute atomic E-state index is 6.18. The molecule has 0 atom stereocenters. The number of aromatic nitrogens is 3. The summed E-state index contributed by atoms with van der Waals surface area (Å²) in [7, 11) is 0. The van der Waals surface area contributed by atoms with Crippen LogP contribution in [0, 0.1) is 0 Å². The lowest BCUT2D eigenvalue weighted by Gasteiger charge is -2.18. The van der Waals surface area contributed by atoms with Crippen molar-refractivity contribution in [1.82, 2.24) is 9.97 Å². The fourth-order valence-corrected chi connectivity index (χ4v) is 5.59. The molecule has 158 valence electrons. The van der Waals surface area contributed by atoms with E-state index in [1.807, 2.05) is 67.1 Å². The van der Waals surface area contributed by atoms with Crippen LogP contribution in [0.15, 0.2) is 53.9 Å². The van der Waals surface area contributed by atoms with Crippen LogP contribution in [0.2, 0.25) is 5.02 Å². The van der Waals surface area contributed by atoms with Crippen molar-refractivity contribution in [2.45, 2.75) is 20.4 Å². The Labute approximate surface area is 199 Å². The van der Waals surface area contributed by atoms with Crippen molar-refractivity contribution in [3.63, 3.8) is 0 Å². The second-order valence-corrected chi connectivity index (χ2v) is 9.66. The molecule has 1 aliphatic heterocycles. The van der Waals surface area contributed by atoms with Crippen LogP contribution in [-0.2, 0) is 6.54 Å². The molecule has 0 aromatic carbocycles. The summed E-state index contributed by atoms with van der Waals surface area (Å²) in [6, 6.07) is 1.96. The number of pyridine rings is 1. The van der Waals surface area contributed by atoms with E-state index in [1.54, 1.807) is 22.7 Å². The molecule has 0 radical (unpaired) electrons. The Morgan fingerprint density at radius 2 is 1.87 bits per heavy atom. The topological polar surface area (TPSA) is 32.9 Å². The predicted octanol–water partition coefficient (Wildman–Crippen LogP) is 5.02. The van der Waals surface area contributed by atoms with Crippen LogP contribution in [0.1, 0.15) is 18.9 Å². The molecule has 0 spiro atoms. The van der Waals surface area contributed by atoms with Crippen molar-refractivity contribution in [1.29, 1.82) is 0 Å². The van der Waals surface area contributed by atoms with Gasteiger partial charge in [-0.15, -0.1) is 11.3 Å². The van der Waals surface area contributed by atoms with Gasteiger partial charge in [-0.3, -0.25) is 0 Å². The zero-order valence-corrected chi connectivity index (χ0v) is 20.3. The number of allylic oxidation sites excluding steroid dienone is 6. The summed E-state index contributed by atoms with van der Waals surface area (Å²) >= 11 is 15.6. The van der Waals surface area contributed by atoms with Crippen LogP contribution in [0.3, 0.4) is 0 Å². The van der Waals surface area contributed by atoms with Gasteiger partial charge in [-0.1, -0.05) is 64.9 Å². The van der Waals surface area contributed by atoms with Crippen LogP contribution in [-0.4, -0.2) is 16.5 Å². The molecule has 0 saturated heterocycles. The molecule has 1 aliphatic rings. The van der Waals surface area contributed by atoms with Gasteiger partial charge in [-0.2, -0.15) is 0 Å². The van der Waals surface area contributed by atoms with E-state index in [9.17, 15) is 0 Å². The first-order valence-electron chi connectivity index (χ1n) is 9.91. The fourth-order valence-electron chi connectivity index (χ4n) is 3.12. The monoisotopic (exact) mass is 487 g/mol. The van der Waals surface area contributed by atoms with Crippen LogP contribution in [0.25, 0.3) is 28.6 Å². The Hall–Kier alpha value is -2.25. The second kappa shape index (κ2) is 9.92. The van der Waals surface area contributed by atoms with Gasteiger partial charge in [-0.25, -0.2) is 9.55 Å². The highest BCUT2D eigenvalue weighted by atomic mass is 35.5. The average Bonchev–Trinajstić information content (AvgIpc) is 3.34. The van der Waals surface area contributed by atoms with Crippen molar-refractivity contribution >= 4 is 80.3 Å². The van der Waals surface area contributed by atoms with Gasteiger partial charge in [0.2, 0.25) is 5.01 Å². The molecule has 0 aliphatic carbocycles. The van der Waals surface area contributed by atoms with E-state index in [1.165, 1.54) is 0 Å². The molecule has 3 aromatic rings. The SMILES string of the molecule is CCN1C=C(Cl)C=c2s\c(=C/C=C/C=C/C=C/c3nc4c(cc(Cl)c[n+]4CC)s3)nc21. The highest BCUT2D eigenvalue weighted by Gasteiger charge is 2.15. The average molecular weight is 488 g/mol. The zero-order valence-electron chi connectivity index (χ0n) is 17.1. The Bertz CT molecular complexity index is 1350. The summed E-state index contributed by atoms with van der Waals surface area (Å²) in [5.74, 6) is 0.969. The van der Waals surface area contributed by atoms with Crippen LogP contribution >= 0.6 is 45.9 Å². The van der Waals surface area contributed by atoms with Crippen LogP contribution < -0.4 is 18.7 Å². The molecule has 0 N–H and O–H groups in total. The highest BCUT2D eigenvalue weighted by Crippen LogP contribution is 2.23. The highest BCUT2D eigenvalue weighted by molar-refractivity contribution is 7.19. The number of hydrogen-bond donors (Lipinski definition) is 0. The Morgan fingerprint density at radius 1 is 1.06 bits per heavy atom. The molecule has 0 fully saturated rings. The smallest absolute Gasteiger partial charge is 0.331 e. The number of fused-ring (bicyclic) bond motifs is 2. The number of thiazole rings is 2. The van der Waals surface area contributed by atoms with Gasteiger partial charge in [-0.05, 0) is 37.0 Å². The number of anilines is 1. The summed E-state index contributed by atoms with van der Waals surface area (Å²) in [4.78, 5) is 11.5. The van der Waals surface area contributed by atoms with Gasteiger partial charge in [0.25, 0.3) is 0 Å². The lowest BCUT2D eigenvalue weighted by Crippen LogP contribution is -2.32. The standard InChI is InChI=1S/C23H21Cl2N4S2/c1-3-28-14-16(24)12-18-22(28)26-20(30-18)10-8-6-5-7-9-11-21-27-23-19(31-21)13-17(25)15-29(23)4-2/h5-15H,3-4H2,1-2H3/q+1. The van der Waals surface area contributed by atoms with Crippen molar-refractivity contribution in [3.8, 4) is 0 Å². The number of halogens is 2. The summed E-state index contributed by atoms with van der Waals surface area (Å²) in [6.07, 6.45) is 19.7. The van der Waals surface area contributed by atoms with Gasteiger partial charge >= 0.3 is 5.65 Å². The van der Waals surface area contributed by atoms with Gasteiger partial charge in [0.05, 0.1) is 21.1 Å². The first kappa shape index (κ1) is 22.0. The van der Waals surface area contributed by atoms with E-state index in [-0.39, 0.29) is 0 Å². The third-order valence-electron chi connectivity index (χ3n) is 4.55. The fraction of sp³-hybridized carbons (Fsp3) is 0.174. The largest absolute Gasteiger partial charge is 0.342 e. The molecule has 3 aromatic heterocycles. The van der Waals surface area contributed by atoms with E-state index in [0.29, 0.717) is 0 Å². The number of rotatable bonds is 6. The van der Waals surface area contributed by atoms with Crippen molar-refractivity contribution in [3.05, 3.63) is 73.1 Å². The van der Waals surface area contributed by atoms with E-state index < -0.39 is 0 Å². The summed E-state index contributed by atoms with van der Waals surface area (Å²) in [5, 5.41) is 2.42. The Balaban J connectivity index is 1.43. The maximum atomic E-state index is 6.18. The van der Waals surface area contributed by atoms with E-state index in [0.717, 1.165) is 53.5 Å². The molecule has 0 amide bonds. The van der Waals surface area contributed by atoms with Gasteiger partial charge in [0.15, 0.2) is 5.82 Å². The summed E-state index contributed by atoms with van der Waals surface area (Å²) in [5.41, 5.74) is 0.969. The number of aryl methyl sites for hydroxylation is 1. The van der Waals surface area contributed by atoms with E-state index in [4.69, 9.17) is 33.2 Å². The number of nitrogens with zero attached hydrogens (tertiary/aromatic N) is 4. The third kappa shape index (κ3) is 5.15. The third-order valence-corrected chi connectivity index (χ3v) is 6.87. The van der Waals surface area contributed by atoms with Gasteiger partial charge < -0.3 is 4.90 Å². The molecule has 0 unspecified atom stereocenters. The zero-order chi connectivity index (χ0) is 21.8. The van der Waals surface area contributed by atoms with Crippen molar-refractivity contribution in [2.75, 3.05) is 11.4 Å². The molecule has 4 rings (SSSR count). The number of hydrogen-bond acceptors (Lipinski definition) is 5. The molecular formula is C23H21Cl2N4S2+. The lowest BCUT2D eigenvalue weighted by molar-refractivity contribution is -0.669. The molecular weight excluding hydrogens is 467 g/mol. The minimum atomic E-state index is 0.732. The van der Waals surface area contributed by atoms with Crippen molar-refractivity contribution < 1.29 is 4.57 Å². The molecule has 4 heterocycles. The quantitative estimate of drug-likeness (QED) is 0.361. The normalized spacial score (nSPS) is 14.9. The van der Waals surface area contributed by atoms with Gasteiger partial charge in [0, 0.05) is 18.8 Å². The minimum absolute atomic E-state index is 0.732. The van der Waals surface area contributed by atoms with Crippen LogP contribution in [0.5, 0.6) is 0 Å². The summed E-state index contributed by atoms with van der Waals surface area (Å²) in [6.45, 7) is 5.85. The summed E-state index contributed by atoms with van der Waals surface area (Å²) < 4.78 is 5.21. The van der Waals surface area contributed by atoms with Crippen LogP contribution in [0.4, 0.5) is 5.82 Å². The molecule has 0 saturated carbocycles. The molecule has 31 heavy (non-hydrogen) atoms. The van der Waals surface area contributed by atoms with E-state index in [2.05, 4.69) is 23.3 Å². The first-order chi connectivity index (χ1) is 15.1. The molecule has 8 heteroatoms. The van der Waals surface area contributed by atoms with Crippen molar-refractivity contribution in [2.24, 2.45) is 0 Å². The first-order valence-corrected chi connectivity index (χ1v) is 12.3. The second-order valence-electron chi connectivity index (χ2n) is 6.66.